The molecule has 14 heavy (non-hydrogen) atoms. The molecule has 0 aromatic rings. The summed E-state index contributed by atoms with van der Waals surface area (Å²) in [6.07, 6.45) is 5.46. The van der Waals surface area contributed by atoms with Crippen molar-refractivity contribution in [1.82, 2.24) is 4.90 Å². The molecule has 0 aromatic heterocycles. The highest BCUT2D eigenvalue weighted by Crippen LogP contribution is 2.28. The molecule has 1 aliphatic heterocycles. The minimum Gasteiger partial charge on any atom is -0.379 e. The molecule has 2 unspecified atom stereocenters. The highest BCUT2D eigenvalue weighted by molar-refractivity contribution is 4.89. The molecule has 2 N–H and O–H groups in total. The van der Waals surface area contributed by atoms with E-state index in [1.807, 2.05) is 0 Å². The number of hydrogen-bond donors (Lipinski definition) is 1. The van der Waals surface area contributed by atoms with Crippen molar-refractivity contribution in [2.45, 2.75) is 43.9 Å². The third-order valence-corrected chi connectivity index (χ3v) is 3.52. The Balaban J connectivity index is 1.75. The van der Waals surface area contributed by atoms with Crippen molar-refractivity contribution in [2.75, 3.05) is 20.2 Å². The summed E-state index contributed by atoms with van der Waals surface area (Å²) < 4.78 is 5.26. The van der Waals surface area contributed by atoms with Crippen molar-refractivity contribution in [1.29, 1.82) is 0 Å². The van der Waals surface area contributed by atoms with Gasteiger partial charge in [-0.25, -0.2) is 5.90 Å². The Bertz CT molecular complexity index is 183. The molecule has 1 aliphatic carbocycles. The van der Waals surface area contributed by atoms with Gasteiger partial charge in [-0.15, -0.1) is 0 Å². The molecule has 0 bridgehead atoms. The van der Waals surface area contributed by atoms with E-state index >= 15 is 0 Å². The van der Waals surface area contributed by atoms with Gasteiger partial charge >= 0.3 is 0 Å². The van der Waals surface area contributed by atoms with E-state index in [9.17, 15) is 0 Å². The van der Waals surface area contributed by atoms with Gasteiger partial charge in [-0.3, -0.25) is 4.90 Å². The highest BCUT2D eigenvalue weighted by Gasteiger charge is 2.35. The van der Waals surface area contributed by atoms with Crippen LogP contribution >= 0.6 is 0 Å². The van der Waals surface area contributed by atoms with Crippen LogP contribution in [0.5, 0.6) is 0 Å². The van der Waals surface area contributed by atoms with Crippen molar-refractivity contribution in [3.8, 4) is 0 Å². The molecular formula is C10H20N2O2. The van der Waals surface area contributed by atoms with Gasteiger partial charge in [0, 0.05) is 26.2 Å². The molecule has 1 saturated heterocycles. The van der Waals surface area contributed by atoms with Crippen LogP contribution in [0.1, 0.15) is 25.7 Å². The van der Waals surface area contributed by atoms with Gasteiger partial charge in [-0.2, -0.15) is 0 Å². The average molecular weight is 200 g/mol. The summed E-state index contributed by atoms with van der Waals surface area (Å²) >= 11 is 0. The molecule has 4 nitrogen and oxygen atoms in total. The van der Waals surface area contributed by atoms with E-state index in [4.69, 9.17) is 15.5 Å². The third-order valence-electron chi connectivity index (χ3n) is 3.52. The van der Waals surface area contributed by atoms with Crippen LogP contribution in [0.15, 0.2) is 0 Å². The quantitative estimate of drug-likeness (QED) is 0.675. The van der Waals surface area contributed by atoms with Crippen molar-refractivity contribution < 1.29 is 9.57 Å². The zero-order valence-corrected chi connectivity index (χ0v) is 8.82. The number of ether oxygens (including phenoxy) is 1. The standard InChI is InChI=1S/C10H20N2O2/c1-13-10-6-12(7-10)8-3-2-4-9(5-8)14-11/h8-10H,2-7,11H2,1H3. The fraction of sp³-hybridized carbons (Fsp3) is 1.00. The predicted octanol–water partition coefficient (Wildman–Crippen LogP) is 0.519. The first-order chi connectivity index (χ1) is 6.83. The van der Waals surface area contributed by atoms with Gasteiger partial charge in [-0.1, -0.05) is 0 Å². The first-order valence-electron chi connectivity index (χ1n) is 5.46. The van der Waals surface area contributed by atoms with Crippen molar-refractivity contribution in [3.05, 3.63) is 0 Å². The number of nitrogens with zero attached hydrogens (tertiary/aromatic N) is 1. The van der Waals surface area contributed by atoms with Crippen LogP contribution < -0.4 is 5.90 Å². The van der Waals surface area contributed by atoms with Crippen LogP contribution in [0, 0.1) is 0 Å². The Kier molecular flexibility index (Phi) is 3.38. The smallest absolute Gasteiger partial charge is 0.0825 e. The molecule has 0 amide bonds. The van der Waals surface area contributed by atoms with E-state index in [1.165, 1.54) is 12.8 Å². The Morgan fingerprint density at radius 2 is 2.00 bits per heavy atom. The van der Waals surface area contributed by atoms with Gasteiger partial charge in [0.2, 0.25) is 0 Å². The molecule has 2 aliphatic rings. The third kappa shape index (κ3) is 2.08. The van der Waals surface area contributed by atoms with Gasteiger partial charge in [-0.05, 0) is 25.7 Å². The molecule has 2 rings (SSSR count). The molecule has 0 spiro atoms. The molecular weight excluding hydrogens is 180 g/mol. The zero-order chi connectivity index (χ0) is 9.97. The lowest BCUT2D eigenvalue weighted by Gasteiger charge is -2.45. The lowest BCUT2D eigenvalue weighted by Crippen LogP contribution is -2.57. The number of hydrogen-bond acceptors (Lipinski definition) is 4. The summed E-state index contributed by atoms with van der Waals surface area (Å²) in [5.74, 6) is 5.24. The van der Waals surface area contributed by atoms with Gasteiger partial charge < -0.3 is 9.57 Å². The van der Waals surface area contributed by atoms with Crippen LogP contribution in [-0.4, -0.2) is 43.3 Å². The summed E-state index contributed by atoms with van der Waals surface area (Å²) in [5.41, 5.74) is 0. The van der Waals surface area contributed by atoms with E-state index in [-0.39, 0.29) is 6.10 Å². The molecule has 4 heteroatoms. The van der Waals surface area contributed by atoms with Crippen LogP contribution in [0.3, 0.4) is 0 Å². The first-order valence-corrected chi connectivity index (χ1v) is 5.46. The molecule has 2 fully saturated rings. The highest BCUT2D eigenvalue weighted by atomic mass is 16.6. The lowest BCUT2D eigenvalue weighted by atomic mass is 9.90. The summed E-state index contributed by atoms with van der Waals surface area (Å²) in [5, 5.41) is 0. The van der Waals surface area contributed by atoms with Crippen molar-refractivity contribution in [3.63, 3.8) is 0 Å². The fourth-order valence-electron chi connectivity index (χ4n) is 2.49. The second-order valence-corrected chi connectivity index (χ2v) is 4.39. The van der Waals surface area contributed by atoms with Crippen LogP contribution in [0.4, 0.5) is 0 Å². The second kappa shape index (κ2) is 4.57. The average Bonchev–Trinajstić information content (AvgIpc) is 2.17. The maximum absolute atomic E-state index is 5.26. The maximum atomic E-state index is 5.26. The van der Waals surface area contributed by atoms with Gasteiger partial charge in [0.1, 0.15) is 0 Å². The summed E-state index contributed by atoms with van der Waals surface area (Å²) in [7, 11) is 1.79. The van der Waals surface area contributed by atoms with Gasteiger partial charge in [0.15, 0.2) is 0 Å². The molecule has 1 heterocycles. The van der Waals surface area contributed by atoms with Gasteiger partial charge in [0.05, 0.1) is 12.2 Å². The van der Waals surface area contributed by atoms with Crippen molar-refractivity contribution >= 4 is 0 Å². The second-order valence-electron chi connectivity index (χ2n) is 4.39. The van der Waals surface area contributed by atoms with Crippen LogP contribution in [0.2, 0.25) is 0 Å². The number of methoxy groups -OCH3 is 1. The lowest BCUT2D eigenvalue weighted by molar-refractivity contribution is -0.0766. The number of rotatable bonds is 3. The number of nitrogens with two attached hydrogens (primary N) is 1. The largest absolute Gasteiger partial charge is 0.379 e. The molecule has 0 aromatic carbocycles. The fourth-order valence-corrected chi connectivity index (χ4v) is 2.49. The molecule has 82 valence electrons. The van der Waals surface area contributed by atoms with E-state index < -0.39 is 0 Å². The molecule has 1 saturated carbocycles. The predicted molar refractivity (Wildman–Crippen MR) is 53.7 cm³/mol. The normalized spacial score (nSPS) is 35.6. The monoisotopic (exact) mass is 200 g/mol. The minimum absolute atomic E-state index is 0.273. The van der Waals surface area contributed by atoms with Crippen LogP contribution in [-0.2, 0) is 9.57 Å². The topological polar surface area (TPSA) is 47.7 Å². The van der Waals surface area contributed by atoms with E-state index in [2.05, 4.69) is 4.90 Å². The molecule has 2 atom stereocenters. The summed E-state index contributed by atoms with van der Waals surface area (Å²) in [4.78, 5) is 7.42. The molecule has 0 radical (unpaired) electrons. The Hall–Kier alpha value is -0.160. The Labute approximate surface area is 85.3 Å². The van der Waals surface area contributed by atoms with Crippen LogP contribution in [0.25, 0.3) is 0 Å². The van der Waals surface area contributed by atoms with E-state index in [0.29, 0.717) is 12.1 Å². The zero-order valence-electron chi connectivity index (χ0n) is 8.82. The van der Waals surface area contributed by atoms with E-state index in [0.717, 1.165) is 25.9 Å². The Morgan fingerprint density at radius 3 is 2.64 bits per heavy atom. The summed E-state index contributed by atoms with van der Waals surface area (Å²) in [6, 6.07) is 0.670. The summed E-state index contributed by atoms with van der Waals surface area (Å²) in [6.45, 7) is 2.16. The first kappa shape index (κ1) is 10.4. The Morgan fingerprint density at radius 1 is 1.21 bits per heavy atom. The van der Waals surface area contributed by atoms with E-state index in [1.54, 1.807) is 7.11 Å². The number of likely N-dealkylation sites (tertiary alicyclic amines) is 1. The van der Waals surface area contributed by atoms with Gasteiger partial charge in [0.25, 0.3) is 0 Å². The minimum atomic E-state index is 0.273. The SMILES string of the molecule is COC1CN(C2CCCC(ON)C2)C1. The maximum Gasteiger partial charge on any atom is 0.0825 e. The van der Waals surface area contributed by atoms with Crippen molar-refractivity contribution in [2.24, 2.45) is 5.90 Å².